The van der Waals surface area contributed by atoms with Crippen LogP contribution in [0.3, 0.4) is 0 Å². The minimum Gasteiger partial charge on any atom is -0.457 e. The van der Waals surface area contributed by atoms with Crippen molar-refractivity contribution in [3.63, 3.8) is 0 Å². The van der Waals surface area contributed by atoms with Gasteiger partial charge in [-0.05, 0) is 43.3 Å². The van der Waals surface area contributed by atoms with E-state index in [4.69, 9.17) is 9.47 Å². The quantitative estimate of drug-likeness (QED) is 0.192. The largest absolute Gasteiger partial charge is 0.457 e. The third-order valence-corrected chi connectivity index (χ3v) is 5.18. The smallest absolute Gasteiger partial charge is 0.318 e. The summed E-state index contributed by atoms with van der Waals surface area (Å²) in [4.78, 5) is 21.7. The number of aryl methyl sites for hydroxylation is 1. The number of rotatable bonds is 7. The Morgan fingerprint density at radius 3 is 2.60 bits per heavy atom. The van der Waals surface area contributed by atoms with Crippen molar-refractivity contribution in [1.82, 2.24) is 14.6 Å². The van der Waals surface area contributed by atoms with Gasteiger partial charge in [-0.2, -0.15) is 5.10 Å². The molecule has 4 rings (SSSR count). The number of carbonyl (C=O) groups is 1. The molecule has 0 spiro atoms. The summed E-state index contributed by atoms with van der Waals surface area (Å²) in [6, 6.07) is 17.3. The molecular weight excluding hydrogens is 404 g/mol. The third-order valence-electron chi connectivity index (χ3n) is 4.22. The Kier molecular flexibility index (Phi) is 5.71. The first-order valence-electron chi connectivity index (χ1n) is 9.07. The molecule has 0 aliphatic rings. The number of carbonyl (C=O) groups excluding carboxylic acids is 1. The molecule has 0 aliphatic heterocycles. The van der Waals surface area contributed by atoms with Crippen molar-refractivity contribution in [2.45, 2.75) is 13.3 Å². The summed E-state index contributed by atoms with van der Waals surface area (Å²) in [5.74, 6) is 1.04. The van der Waals surface area contributed by atoms with Gasteiger partial charge >= 0.3 is 5.97 Å². The van der Waals surface area contributed by atoms with Gasteiger partial charge in [0.1, 0.15) is 23.6 Å². The molecule has 0 fully saturated rings. The second-order valence-corrected chi connectivity index (χ2v) is 7.20. The van der Waals surface area contributed by atoms with Crippen LogP contribution in [-0.4, -0.2) is 34.1 Å². The lowest BCUT2D eigenvalue weighted by atomic mass is 10.2. The van der Waals surface area contributed by atoms with Crippen LogP contribution in [0, 0.1) is 6.92 Å². The predicted molar refractivity (Wildman–Crippen MR) is 113 cm³/mol. The summed E-state index contributed by atoms with van der Waals surface area (Å²) >= 11 is 1.45. The first-order valence-corrected chi connectivity index (χ1v) is 9.88. The number of oxime groups is 1. The Morgan fingerprint density at radius 1 is 1.13 bits per heavy atom. The van der Waals surface area contributed by atoms with Gasteiger partial charge in [0.2, 0.25) is 11.4 Å². The van der Waals surface area contributed by atoms with E-state index < -0.39 is 5.97 Å². The maximum absolute atomic E-state index is 12.0. The number of para-hydroxylation sites is 1. The molecule has 8 nitrogen and oxygen atoms in total. The second kappa shape index (κ2) is 8.75. The summed E-state index contributed by atoms with van der Waals surface area (Å²) < 4.78 is 12.4. The molecule has 0 bridgehead atoms. The fraction of sp³-hybridized carbons (Fsp3) is 0.143. The fourth-order valence-electron chi connectivity index (χ4n) is 2.80. The van der Waals surface area contributed by atoms with Crippen LogP contribution in [0.25, 0.3) is 15.5 Å². The number of nitrogens with zero attached hydrogens (tertiary/aromatic N) is 4. The van der Waals surface area contributed by atoms with Crippen molar-refractivity contribution in [3.8, 4) is 22.1 Å². The number of hydrogen-bond acceptors (Lipinski definition) is 8. The standard InChI is InChI=1S/C21H18N4O4S/c1-14-18(12-19(26)28-13-22-27-2)25-21(23-14)30-20(24-25)15-8-10-17(11-9-15)29-16-6-4-3-5-7-16/h3-11,13H,12H2,1-2H3. The monoisotopic (exact) mass is 422 g/mol. The van der Waals surface area contributed by atoms with Crippen LogP contribution in [0.15, 0.2) is 59.8 Å². The molecule has 2 heterocycles. The zero-order valence-corrected chi connectivity index (χ0v) is 17.1. The maximum Gasteiger partial charge on any atom is 0.318 e. The van der Waals surface area contributed by atoms with Gasteiger partial charge in [-0.15, -0.1) is 0 Å². The van der Waals surface area contributed by atoms with E-state index >= 15 is 0 Å². The topological polar surface area (TPSA) is 87.3 Å². The number of fused-ring (bicyclic) bond motifs is 1. The van der Waals surface area contributed by atoms with Crippen LogP contribution in [0.4, 0.5) is 0 Å². The number of imidazole rings is 1. The van der Waals surface area contributed by atoms with Crippen molar-refractivity contribution < 1.29 is 19.1 Å². The van der Waals surface area contributed by atoms with E-state index in [0.717, 1.165) is 34.2 Å². The number of hydrogen-bond donors (Lipinski definition) is 0. The zero-order valence-electron chi connectivity index (χ0n) is 16.3. The Morgan fingerprint density at radius 2 is 1.87 bits per heavy atom. The van der Waals surface area contributed by atoms with Gasteiger partial charge in [-0.3, -0.25) is 4.79 Å². The molecule has 0 unspecified atom stereocenters. The first-order chi connectivity index (χ1) is 14.6. The van der Waals surface area contributed by atoms with Gasteiger partial charge in [0.05, 0.1) is 17.8 Å². The van der Waals surface area contributed by atoms with E-state index in [2.05, 4.69) is 20.1 Å². The van der Waals surface area contributed by atoms with E-state index in [1.54, 1.807) is 4.52 Å². The minimum absolute atomic E-state index is 0.0236. The molecule has 0 atom stereocenters. The lowest BCUT2D eigenvalue weighted by Crippen LogP contribution is -2.10. The molecule has 0 amide bonds. The summed E-state index contributed by atoms with van der Waals surface area (Å²) in [5, 5.41) is 8.81. The molecule has 30 heavy (non-hydrogen) atoms. The summed E-state index contributed by atoms with van der Waals surface area (Å²) in [7, 11) is 1.37. The number of benzene rings is 2. The van der Waals surface area contributed by atoms with Crippen LogP contribution in [0.1, 0.15) is 11.4 Å². The summed E-state index contributed by atoms with van der Waals surface area (Å²) in [6.45, 7) is 1.84. The molecule has 0 N–H and O–H groups in total. The van der Waals surface area contributed by atoms with Crippen molar-refractivity contribution in [2.75, 3.05) is 7.11 Å². The average Bonchev–Trinajstić information content (AvgIpc) is 3.28. The van der Waals surface area contributed by atoms with Crippen molar-refractivity contribution >= 4 is 28.7 Å². The Labute approximate surface area is 176 Å². The maximum atomic E-state index is 12.0. The third kappa shape index (κ3) is 4.31. The van der Waals surface area contributed by atoms with Crippen LogP contribution >= 0.6 is 11.3 Å². The highest BCUT2D eigenvalue weighted by atomic mass is 32.1. The van der Waals surface area contributed by atoms with Gasteiger partial charge in [0.15, 0.2) is 0 Å². The van der Waals surface area contributed by atoms with Crippen LogP contribution in [0.5, 0.6) is 11.5 Å². The van der Waals surface area contributed by atoms with Gasteiger partial charge in [0.25, 0.3) is 0 Å². The Bertz CT molecular complexity index is 1180. The summed E-state index contributed by atoms with van der Waals surface area (Å²) in [6.07, 6.45) is 0.983. The number of aromatic nitrogens is 3. The molecule has 152 valence electrons. The molecule has 2 aromatic heterocycles. The minimum atomic E-state index is -0.474. The van der Waals surface area contributed by atoms with E-state index in [0.29, 0.717) is 10.7 Å². The van der Waals surface area contributed by atoms with Gasteiger partial charge in [0, 0.05) is 5.56 Å². The Balaban J connectivity index is 1.53. The molecule has 0 saturated heterocycles. The van der Waals surface area contributed by atoms with Gasteiger partial charge in [-0.1, -0.05) is 34.7 Å². The predicted octanol–water partition coefficient (Wildman–Crippen LogP) is 4.23. The van der Waals surface area contributed by atoms with Crippen molar-refractivity contribution in [1.29, 1.82) is 0 Å². The van der Waals surface area contributed by atoms with Gasteiger partial charge in [-0.25, -0.2) is 9.50 Å². The Hall–Kier alpha value is -3.72. The van der Waals surface area contributed by atoms with Crippen molar-refractivity contribution in [2.24, 2.45) is 5.16 Å². The normalized spacial score (nSPS) is 11.1. The second-order valence-electron chi connectivity index (χ2n) is 6.25. The SMILES string of the molecule is CON=COC(=O)Cc1c(C)nc2sc(-c3ccc(Oc4ccccc4)cc3)nn12. The van der Waals surface area contributed by atoms with Crippen LogP contribution < -0.4 is 4.74 Å². The van der Waals surface area contributed by atoms with E-state index in [1.807, 2.05) is 61.5 Å². The zero-order chi connectivity index (χ0) is 20.9. The fourth-order valence-corrected chi connectivity index (χ4v) is 3.77. The van der Waals surface area contributed by atoms with E-state index in [1.165, 1.54) is 18.4 Å². The molecule has 0 aliphatic carbocycles. The van der Waals surface area contributed by atoms with E-state index in [-0.39, 0.29) is 6.42 Å². The molecule has 0 saturated carbocycles. The lowest BCUT2D eigenvalue weighted by Gasteiger charge is -2.05. The molecule has 2 aromatic carbocycles. The lowest BCUT2D eigenvalue weighted by molar-refractivity contribution is -0.134. The molecule has 9 heteroatoms. The summed E-state index contributed by atoms with van der Waals surface area (Å²) in [5.41, 5.74) is 2.34. The highest BCUT2D eigenvalue weighted by Crippen LogP contribution is 2.30. The van der Waals surface area contributed by atoms with Crippen LogP contribution in [-0.2, 0) is 20.8 Å². The van der Waals surface area contributed by atoms with Crippen molar-refractivity contribution in [3.05, 3.63) is 66.0 Å². The highest BCUT2D eigenvalue weighted by molar-refractivity contribution is 7.19. The number of esters is 1. The molecular formula is C21H18N4O4S. The molecule has 4 aromatic rings. The average molecular weight is 422 g/mol. The van der Waals surface area contributed by atoms with E-state index in [9.17, 15) is 4.79 Å². The van der Waals surface area contributed by atoms with Crippen LogP contribution in [0.2, 0.25) is 0 Å². The first kappa shape index (κ1) is 19.6. The molecule has 0 radical (unpaired) electrons. The van der Waals surface area contributed by atoms with Gasteiger partial charge < -0.3 is 14.3 Å². The highest BCUT2D eigenvalue weighted by Gasteiger charge is 2.18. The number of ether oxygens (including phenoxy) is 2.